The molecule has 0 aliphatic carbocycles. The van der Waals surface area contributed by atoms with E-state index in [1.54, 1.807) is 0 Å². The van der Waals surface area contributed by atoms with Gasteiger partial charge in [-0.2, -0.15) is 0 Å². The molecule has 1 rings (SSSR count). The first-order valence-electron chi connectivity index (χ1n) is 5.87. The molecule has 0 spiro atoms. The molecule has 0 heterocycles. The number of carbonyl (C=O) groups is 1. The molecule has 5 nitrogen and oxygen atoms in total. The number of hydrogen-bond acceptors (Lipinski definition) is 4. The van der Waals surface area contributed by atoms with E-state index in [9.17, 15) is 17.6 Å². The molecule has 0 radical (unpaired) electrons. The predicted molar refractivity (Wildman–Crippen MR) is 67.5 cm³/mol. The summed E-state index contributed by atoms with van der Waals surface area (Å²) < 4.78 is 43.8. The van der Waals surface area contributed by atoms with Crippen molar-refractivity contribution in [1.82, 2.24) is 4.72 Å². The Morgan fingerprint density at radius 2 is 2.05 bits per heavy atom. The van der Waals surface area contributed by atoms with E-state index in [1.807, 2.05) is 6.92 Å². The van der Waals surface area contributed by atoms with Crippen molar-refractivity contribution in [2.45, 2.75) is 24.7 Å². The normalized spacial score (nSPS) is 11.3. The molecule has 106 valence electrons. The number of halogens is 1. The Balaban J connectivity index is 2.53. The van der Waals surface area contributed by atoms with Crippen LogP contribution in [0.3, 0.4) is 0 Å². The quantitative estimate of drug-likeness (QED) is 0.771. The molecule has 1 aromatic rings. The summed E-state index contributed by atoms with van der Waals surface area (Å²) in [5.74, 6) is -1.32. The number of ether oxygens (including phenoxy) is 1. The topological polar surface area (TPSA) is 72.5 Å². The van der Waals surface area contributed by atoms with Crippen molar-refractivity contribution in [1.29, 1.82) is 0 Å². The second-order valence-corrected chi connectivity index (χ2v) is 5.53. The summed E-state index contributed by atoms with van der Waals surface area (Å²) in [5.41, 5.74) is 0. The summed E-state index contributed by atoms with van der Waals surface area (Å²) in [7, 11) is -3.94. The SMILES string of the molecule is CCCOC(=O)CCNS(=O)(=O)c1ccccc1F. The Morgan fingerprint density at radius 3 is 2.68 bits per heavy atom. The van der Waals surface area contributed by atoms with E-state index >= 15 is 0 Å². The van der Waals surface area contributed by atoms with Crippen LogP contribution in [0.2, 0.25) is 0 Å². The number of carbonyl (C=O) groups excluding carboxylic acids is 1. The largest absolute Gasteiger partial charge is 0.466 e. The second-order valence-electron chi connectivity index (χ2n) is 3.80. The molecule has 0 unspecified atom stereocenters. The molecule has 1 N–H and O–H groups in total. The number of hydrogen-bond donors (Lipinski definition) is 1. The third-order valence-electron chi connectivity index (χ3n) is 2.21. The minimum atomic E-state index is -3.94. The molecule has 0 saturated heterocycles. The number of esters is 1. The van der Waals surface area contributed by atoms with Crippen LogP contribution >= 0.6 is 0 Å². The van der Waals surface area contributed by atoms with Gasteiger partial charge in [0.2, 0.25) is 10.0 Å². The standard InChI is InChI=1S/C12H16FNO4S/c1-2-9-18-12(15)7-8-14-19(16,17)11-6-4-3-5-10(11)13/h3-6,14H,2,7-9H2,1H3. The van der Waals surface area contributed by atoms with Crippen LogP contribution in [0.5, 0.6) is 0 Å². The van der Waals surface area contributed by atoms with Crippen molar-refractivity contribution in [2.75, 3.05) is 13.2 Å². The molecule has 19 heavy (non-hydrogen) atoms. The molecule has 0 bridgehead atoms. The molecular weight excluding hydrogens is 273 g/mol. The molecule has 0 atom stereocenters. The summed E-state index contributed by atoms with van der Waals surface area (Å²) in [5, 5.41) is 0. The number of nitrogens with one attached hydrogen (secondary N) is 1. The van der Waals surface area contributed by atoms with E-state index in [2.05, 4.69) is 4.72 Å². The van der Waals surface area contributed by atoms with Gasteiger partial charge in [0.1, 0.15) is 10.7 Å². The Hall–Kier alpha value is -1.47. The minimum Gasteiger partial charge on any atom is -0.466 e. The van der Waals surface area contributed by atoms with E-state index in [1.165, 1.54) is 12.1 Å². The van der Waals surface area contributed by atoms with Crippen LogP contribution in [0.25, 0.3) is 0 Å². The number of rotatable bonds is 7. The average molecular weight is 289 g/mol. The van der Waals surface area contributed by atoms with E-state index in [0.29, 0.717) is 13.0 Å². The van der Waals surface area contributed by atoms with Crippen LogP contribution in [0.1, 0.15) is 19.8 Å². The summed E-state index contributed by atoms with van der Waals surface area (Å²) in [6.45, 7) is 2.03. The lowest BCUT2D eigenvalue weighted by Crippen LogP contribution is -2.27. The highest BCUT2D eigenvalue weighted by molar-refractivity contribution is 7.89. The molecule has 0 aliphatic rings. The van der Waals surface area contributed by atoms with E-state index in [0.717, 1.165) is 12.1 Å². The molecule has 7 heteroatoms. The fourth-order valence-electron chi connectivity index (χ4n) is 1.32. The second kappa shape index (κ2) is 7.20. The first-order chi connectivity index (χ1) is 8.97. The molecule has 0 amide bonds. The summed E-state index contributed by atoms with van der Waals surface area (Å²) in [6, 6.07) is 5.04. The molecule has 0 fully saturated rings. The van der Waals surface area contributed by atoms with Crippen LogP contribution in [0, 0.1) is 5.82 Å². The maximum atomic E-state index is 13.3. The van der Waals surface area contributed by atoms with E-state index < -0.39 is 26.7 Å². The molecule has 0 aliphatic heterocycles. The fourth-order valence-corrected chi connectivity index (χ4v) is 2.42. The van der Waals surface area contributed by atoms with Crippen molar-refractivity contribution in [3.63, 3.8) is 0 Å². The first-order valence-corrected chi connectivity index (χ1v) is 7.35. The Bertz CT molecular complexity index is 530. The minimum absolute atomic E-state index is 0.0896. The molecule has 1 aromatic carbocycles. The Morgan fingerprint density at radius 1 is 1.37 bits per heavy atom. The van der Waals surface area contributed by atoms with E-state index in [-0.39, 0.29) is 13.0 Å². The maximum absolute atomic E-state index is 13.3. The van der Waals surface area contributed by atoms with Crippen molar-refractivity contribution >= 4 is 16.0 Å². The molecular formula is C12H16FNO4S. The van der Waals surface area contributed by atoms with Gasteiger partial charge in [-0.25, -0.2) is 17.5 Å². The monoisotopic (exact) mass is 289 g/mol. The maximum Gasteiger partial charge on any atom is 0.307 e. The fraction of sp³-hybridized carbons (Fsp3) is 0.417. The van der Waals surface area contributed by atoms with Gasteiger partial charge in [-0.05, 0) is 18.6 Å². The van der Waals surface area contributed by atoms with Crippen LogP contribution < -0.4 is 4.72 Å². The summed E-state index contributed by atoms with van der Waals surface area (Å²) in [4.78, 5) is 10.7. The highest BCUT2D eigenvalue weighted by atomic mass is 32.2. The lowest BCUT2D eigenvalue weighted by Gasteiger charge is -2.07. The van der Waals surface area contributed by atoms with Crippen LogP contribution in [-0.2, 0) is 19.6 Å². The Kier molecular flexibility index (Phi) is 5.91. The smallest absolute Gasteiger partial charge is 0.307 e. The zero-order chi connectivity index (χ0) is 14.3. The van der Waals surface area contributed by atoms with Gasteiger partial charge in [0.25, 0.3) is 0 Å². The predicted octanol–water partition coefficient (Wildman–Crippen LogP) is 1.45. The lowest BCUT2D eigenvalue weighted by molar-refractivity contribution is -0.143. The van der Waals surface area contributed by atoms with Crippen LogP contribution in [0.15, 0.2) is 29.2 Å². The third-order valence-corrected chi connectivity index (χ3v) is 3.71. The zero-order valence-corrected chi connectivity index (χ0v) is 11.4. The van der Waals surface area contributed by atoms with E-state index in [4.69, 9.17) is 4.74 Å². The molecule has 0 aromatic heterocycles. The third kappa shape index (κ3) is 4.96. The number of sulfonamides is 1. The van der Waals surface area contributed by atoms with Gasteiger partial charge < -0.3 is 4.74 Å². The van der Waals surface area contributed by atoms with Crippen molar-refractivity contribution in [2.24, 2.45) is 0 Å². The summed E-state index contributed by atoms with van der Waals surface area (Å²) in [6.07, 6.45) is 0.611. The Labute approximate surface area is 111 Å². The van der Waals surface area contributed by atoms with Gasteiger partial charge in [0.15, 0.2) is 0 Å². The van der Waals surface area contributed by atoms with Crippen LogP contribution in [-0.4, -0.2) is 27.5 Å². The van der Waals surface area contributed by atoms with Gasteiger partial charge >= 0.3 is 5.97 Å². The van der Waals surface area contributed by atoms with Gasteiger partial charge in [0, 0.05) is 6.54 Å². The van der Waals surface area contributed by atoms with Gasteiger partial charge in [-0.3, -0.25) is 4.79 Å². The average Bonchev–Trinajstić information content (AvgIpc) is 2.36. The van der Waals surface area contributed by atoms with Crippen LogP contribution in [0.4, 0.5) is 4.39 Å². The highest BCUT2D eigenvalue weighted by Crippen LogP contribution is 2.12. The number of benzene rings is 1. The first kappa shape index (κ1) is 15.6. The van der Waals surface area contributed by atoms with Crippen molar-refractivity contribution in [3.05, 3.63) is 30.1 Å². The van der Waals surface area contributed by atoms with Gasteiger partial charge in [-0.1, -0.05) is 19.1 Å². The summed E-state index contributed by atoms with van der Waals surface area (Å²) >= 11 is 0. The lowest BCUT2D eigenvalue weighted by atomic mass is 10.4. The molecule has 0 saturated carbocycles. The van der Waals surface area contributed by atoms with Crippen molar-refractivity contribution in [3.8, 4) is 0 Å². The highest BCUT2D eigenvalue weighted by Gasteiger charge is 2.18. The zero-order valence-electron chi connectivity index (χ0n) is 10.6. The van der Waals surface area contributed by atoms with Gasteiger partial charge in [-0.15, -0.1) is 0 Å². The van der Waals surface area contributed by atoms with Crippen molar-refractivity contribution < 1.29 is 22.3 Å². The van der Waals surface area contributed by atoms with Gasteiger partial charge in [0.05, 0.1) is 13.0 Å².